The molecule has 0 aliphatic carbocycles. The summed E-state index contributed by atoms with van der Waals surface area (Å²) in [6, 6.07) is 12.6. The molecule has 0 N–H and O–H groups in total. The third kappa shape index (κ3) is 4.03. The highest BCUT2D eigenvalue weighted by atomic mass is 127. The summed E-state index contributed by atoms with van der Waals surface area (Å²) in [6.07, 6.45) is -1.53. The molecule has 8 heteroatoms. The first-order chi connectivity index (χ1) is 15.5. The molecule has 0 bridgehead atoms. The van der Waals surface area contributed by atoms with Gasteiger partial charge in [-0.05, 0) is 47.2 Å². The number of fused-ring (bicyclic) bond motifs is 2. The molecule has 1 amide bonds. The van der Waals surface area contributed by atoms with Gasteiger partial charge in [0, 0.05) is 26.3 Å². The van der Waals surface area contributed by atoms with Crippen LogP contribution in [-0.2, 0) is 17.8 Å². The van der Waals surface area contributed by atoms with E-state index in [4.69, 9.17) is 9.47 Å². The van der Waals surface area contributed by atoms with Crippen LogP contribution < -0.4 is 14.4 Å². The zero-order valence-electron chi connectivity index (χ0n) is 17.2. The molecule has 0 fully saturated rings. The zero-order valence-corrected chi connectivity index (χ0v) is 19.4. The fourth-order valence-electron chi connectivity index (χ4n) is 3.96. The summed E-state index contributed by atoms with van der Waals surface area (Å²) in [5.41, 5.74) is 2.39. The second-order valence-corrected chi connectivity index (χ2v) is 8.40. The van der Waals surface area contributed by atoms with Gasteiger partial charge >= 0.3 is 0 Å². The molecule has 0 unspecified atom stereocenters. The van der Waals surface area contributed by atoms with E-state index in [0.29, 0.717) is 39.9 Å². The van der Waals surface area contributed by atoms with Gasteiger partial charge in [0.2, 0.25) is 0 Å². The number of nitrogens with zero attached hydrogens (tertiary/aromatic N) is 1. The van der Waals surface area contributed by atoms with Gasteiger partial charge in [0.15, 0.2) is 0 Å². The van der Waals surface area contributed by atoms with Crippen LogP contribution in [0.2, 0.25) is 0 Å². The number of benzene rings is 3. The second kappa shape index (κ2) is 9.40. The summed E-state index contributed by atoms with van der Waals surface area (Å²) in [7, 11) is 0. The minimum Gasteiger partial charge on any atom is -0.492 e. The molecule has 0 aromatic heterocycles. The standard InChI is InChI=1S/C24H20F2INO4/c1-2-31-23-16-6-4-3-5-15(16)22(32-13-20(25)26)17-12-28(24(30)21(17)23)19-8-7-14(9-10-29)11-18(19)27/h3-8,10-11,20H,2,9,12-13H2,1H3. The maximum Gasteiger partial charge on any atom is 0.272 e. The van der Waals surface area contributed by atoms with Crippen LogP contribution in [0, 0.1) is 3.57 Å². The predicted molar refractivity (Wildman–Crippen MR) is 126 cm³/mol. The molecule has 0 radical (unpaired) electrons. The lowest BCUT2D eigenvalue weighted by molar-refractivity contribution is -0.107. The Bertz CT molecular complexity index is 1200. The molecule has 3 aromatic rings. The van der Waals surface area contributed by atoms with Crippen molar-refractivity contribution >= 4 is 51.2 Å². The van der Waals surface area contributed by atoms with E-state index in [1.54, 1.807) is 41.3 Å². The first-order valence-electron chi connectivity index (χ1n) is 10.1. The summed E-state index contributed by atoms with van der Waals surface area (Å²) in [4.78, 5) is 26.0. The van der Waals surface area contributed by atoms with E-state index in [-0.39, 0.29) is 24.6 Å². The minimum absolute atomic E-state index is 0.167. The second-order valence-electron chi connectivity index (χ2n) is 7.24. The van der Waals surface area contributed by atoms with Gasteiger partial charge in [0.05, 0.1) is 24.4 Å². The number of halogens is 3. The number of alkyl halides is 2. The number of anilines is 1. The molecule has 0 spiro atoms. The summed E-state index contributed by atoms with van der Waals surface area (Å²) >= 11 is 2.13. The van der Waals surface area contributed by atoms with Crippen molar-refractivity contribution < 1.29 is 27.8 Å². The number of hydrogen-bond donors (Lipinski definition) is 0. The van der Waals surface area contributed by atoms with Gasteiger partial charge in [-0.15, -0.1) is 0 Å². The Morgan fingerprint density at radius 2 is 1.84 bits per heavy atom. The molecule has 1 aliphatic rings. The van der Waals surface area contributed by atoms with E-state index in [1.807, 2.05) is 13.0 Å². The minimum atomic E-state index is -2.64. The fraction of sp³-hybridized carbons (Fsp3) is 0.250. The Balaban J connectivity index is 1.88. The topological polar surface area (TPSA) is 55.8 Å². The van der Waals surface area contributed by atoms with Crippen LogP contribution in [0.15, 0.2) is 42.5 Å². The molecular formula is C24H20F2INO4. The average Bonchev–Trinajstić information content (AvgIpc) is 3.10. The number of carbonyl (C=O) groups excluding carboxylic acids is 2. The molecule has 0 saturated carbocycles. The monoisotopic (exact) mass is 551 g/mol. The first-order valence-corrected chi connectivity index (χ1v) is 11.2. The molecule has 166 valence electrons. The van der Waals surface area contributed by atoms with E-state index < -0.39 is 13.0 Å². The third-order valence-corrected chi connectivity index (χ3v) is 6.12. The number of carbonyl (C=O) groups is 2. The molecule has 0 atom stereocenters. The van der Waals surface area contributed by atoms with Gasteiger partial charge in [0.25, 0.3) is 12.3 Å². The molecule has 1 heterocycles. The quantitative estimate of drug-likeness (QED) is 0.279. The van der Waals surface area contributed by atoms with Crippen molar-refractivity contribution in [2.45, 2.75) is 26.3 Å². The van der Waals surface area contributed by atoms with E-state index in [9.17, 15) is 18.4 Å². The maximum atomic E-state index is 13.6. The largest absolute Gasteiger partial charge is 0.492 e. The highest BCUT2D eigenvalue weighted by Crippen LogP contribution is 2.46. The van der Waals surface area contributed by atoms with Gasteiger partial charge in [-0.2, -0.15) is 0 Å². The van der Waals surface area contributed by atoms with Gasteiger partial charge in [-0.3, -0.25) is 4.79 Å². The van der Waals surface area contributed by atoms with Crippen LogP contribution in [0.3, 0.4) is 0 Å². The van der Waals surface area contributed by atoms with Crippen molar-refractivity contribution in [2.24, 2.45) is 0 Å². The van der Waals surface area contributed by atoms with Crippen LogP contribution in [0.5, 0.6) is 11.5 Å². The highest BCUT2D eigenvalue weighted by molar-refractivity contribution is 14.1. The van der Waals surface area contributed by atoms with Crippen molar-refractivity contribution in [1.29, 1.82) is 0 Å². The van der Waals surface area contributed by atoms with E-state index in [0.717, 1.165) is 15.4 Å². The summed E-state index contributed by atoms with van der Waals surface area (Å²) < 4.78 is 38.2. The van der Waals surface area contributed by atoms with Crippen molar-refractivity contribution in [1.82, 2.24) is 0 Å². The molecule has 0 saturated heterocycles. The Kier molecular flexibility index (Phi) is 6.59. The summed E-state index contributed by atoms with van der Waals surface area (Å²) in [5, 5.41) is 1.27. The van der Waals surface area contributed by atoms with Crippen LogP contribution in [0.4, 0.5) is 14.5 Å². The van der Waals surface area contributed by atoms with Crippen molar-refractivity contribution in [3.8, 4) is 11.5 Å². The third-order valence-electron chi connectivity index (χ3n) is 5.26. The highest BCUT2D eigenvalue weighted by Gasteiger charge is 2.37. The number of amides is 1. The maximum absolute atomic E-state index is 13.6. The Morgan fingerprint density at radius 1 is 1.12 bits per heavy atom. The fourth-order valence-corrected chi connectivity index (χ4v) is 4.83. The van der Waals surface area contributed by atoms with Crippen molar-refractivity contribution in [2.75, 3.05) is 18.1 Å². The molecule has 5 nitrogen and oxygen atoms in total. The number of aldehydes is 1. The summed E-state index contributed by atoms with van der Waals surface area (Å²) in [6.45, 7) is 1.57. The zero-order chi connectivity index (χ0) is 22.8. The van der Waals surface area contributed by atoms with Crippen molar-refractivity contribution in [3.05, 3.63) is 62.7 Å². The number of ether oxygens (including phenoxy) is 2. The SMILES string of the molecule is CCOc1c2c(c(OCC(F)F)c3ccccc13)CN(c1ccc(CC=O)cc1I)C2=O. The van der Waals surface area contributed by atoms with Gasteiger partial charge < -0.3 is 19.2 Å². The van der Waals surface area contributed by atoms with Gasteiger partial charge in [-0.25, -0.2) is 8.78 Å². The molecule has 32 heavy (non-hydrogen) atoms. The van der Waals surface area contributed by atoms with Crippen molar-refractivity contribution in [3.63, 3.8) is 0 Å². The normalized spacial score (nSPS) is 13.0. The van der Waals surface area contributed by atoms with Gasteiger partial charge in [0.1, 0.15) is 24.4 Å². The molecule has 3 aromatic carbocycles. The first kappa shape index (κ1) is 22.4. The molecule has 1 aliphatic heterocycles. The Morgan fingerprint density at radius 3 is 2.47 bits per heavy atom. The Labute approximate surface area is 197 Å². The lowest BCUT2D eigenvalue weighted by atomic mass is 9.99. The number of hydrogen-bond acceptors (Lipinski definition) is 4. The average molecular weight is 551 g/mol. The van der Waals surface area contributed by atoms with E-state index >= 15 is 0 Å². The lowest BCUT2D eigenvalue weighted by Crippen LogP contribution is -2.24. The van der Waals surface area contributed by atoms with Crippen LogP contribution in [-0.4, -0.2) is 31.8 Å². The van der Waals surface area contributed by atoms with E-state index in [1.165, 1.54) is 0 Å². The Hall–Kier alpha value is -2.75. The number of rotatable bonds is 8. The molecular weight excluding hydrogens is 531 g/mol. The van der Waals surface area contributed by atoms with Crippen LogP contribution in [0.25, 0.3) is 10.8 Å². The van der Waals surface area contributed by atoms with Crippen LogP contribution in [0.1, 0.15) is 28.4 Å². The van der Waals surface area contributed by atoms with Gasteiger partial charge in [-0.1, -0.05) is 30.3 Å². The van der Waals surface area contributed by atoms with Crippen LogP contribution >= 0.6 is 22.6 Å². The smallest absolute Gasteiger partial charge is 0.272 e. The summed E-state index contributed by atoms with van der Waals surface area (Å²) in [5.74, 6) is 0.433. The molecule has 4 rings (SSSR count). The van der Waals surface area contributed by atoms with E-state index in [2.05, 4.69) is 22.6 Å². The predicted octanol–water partition coefficient (Wildman–Crippen LogP) is 5.39. The lowest BCUT2D eigenvalue weighted by Gasteiger charge is -2.18.